The van der Waals surface area contributed by atoms with Crippen LogP contribution < -0.4 is 16.4 Å². The summed E-state index contributed by atoms with van der Waals surface area (Å²) in [5.74, 6) is -1.05. The Kier molecular flexibility index (Phi) is 6.28. The summed E-state index contributed by atoms with van der Waals surface area (Å²) in [5.41, 5.74) is 5.42. The van der Waals surface area contributed by atoms with Gasteiger partial charge >= 0.3 is 5.97 Å². The molecule has 0 saturated carbocycles. The average molecular weight is 303 g/mol. The normalized spacial score (nSPS) is 24.8. The summed E-state index contributed by atoms with van der Waals surface area (Å²) >= 11 is 1.80. The van der Waals surface area contributed by atoms with Crippen LogP contribution in [0.1, 0.15) is 26.7 Å². The second-order valence-corrected chi connectivity index (χ2v) is 6.40. The average Bonchev–Trinajstić information content (AvgIpc) is 2.73. The van der Waals surface area contributed by atoms with Gasteiger partial charge in [-0.1, -0.05) is 6.92 Å². The van der Waals surface area contributed by atoms with Gasteiger partial charge in [0.25, 0.3) is 0 Å². The molecule has 0 aromatic heterocycles. The molecule has 5 N–H and O–H groups in total. The molecule has 1 rings (SSSR count). The molecule has 2 unspecified atom stereocenters. The minimum atomic E-state index is -1.15. The van der Waals surface area contributed by atoms with Crippen molar-refractivity contribution in [3.8, 4) is 0 Å². The summed E-state index contributed by atoms with van der Waals surface area (Å²) in [6, 6.07) is -1.77. The minimum Gasteiger partial charge on any atom is -0.481 e. The van der Waals surface area contributed by atoms with Crippen LogP contribution in [0, 0.1) is 0 Å². The highest BCUT2D eigenvalue weighted by molar-refractivity contribution is 8.00. The SMILES string of the molecule is CC1SCCC1NC(=O)[C@@H](C)NC(=O)[C@@H](N)CC(=O)O. The maximum atomic E-state index is 11.9. The van der Waals surface area contributed by atoms with Crippen molar-refractivity contribution in [1.29, 1.82) is 0 Å². The standard InChI is InChI=1S/C12H21N3O4S/c1-6(14-12(19)8(13)5-10(16)17)11(18)15-9-3-4-20-7(9)2/h6-9H,3-5,13H2,1-2H3,(H,14,19)(H,15,18)(H,16,17)/t6-,7?,8+,9?/m1/s1. The Bertz CT molecular complexity index is 391. The van der Waals surface area contributed by atoms with Gasteiger partial charge in [0.2, 0.25) is 11.8 Å². The summed E-state index contributed by atoms with van der Waals surface area (Å²) in [6.45, 7) is 3.60. The van der Waals surface area contributed by atoms with E-state index in [2.05, 4.69) is 17.6 Å². The quantitative estimate of drug-likeness (QED) is 0.515. The van der Waals surface area contributed by atoms with E-state index in [4.69, 9.17) is 10.8 Å². The molecule has 20 heavy (non-hydrogen) atoms. The molecule has 0 aliphatic carbocycles. The van der Waals surface area contributed by atoms with Gasteiger partial charge in [0.05, 0.1) is 12.5 Å². The smallest absolute Gasteiger partial charge is 0.305 e. The molecule has 0 bridgehead atoms. The van der Waals surface area contributed by atoms with E-state index in [0.29, 0.717) is 5.25 Å². The molecule has 114 valence electrons. The number of carboxylic acid groups (broad SMARTS) is 1. The largest absolute Gasteiger partial charge is 0.481 e. The fraction of sp³-hybridized carbons (Fsp3) is 0.750. The van der Waals surface area contributed by atoms with E-state index in [0.717, 1.165) is 12.2 Å². The first-order valence-corrected chi connectivity index (χ1v) is 7.56. The number of nitrogens with two attached hydrogens (primary N) is 1. The van der Waals surface area contributed by atoms with Gasteiger partial charge < -0.3 is 21.5 Å². The molecule has 1 aliphatic rings. The van der Waals surface area contributed by atoms with Gasteiger partial charge in [-0.2, -0.15) is 11.8 Å². The Hall–Kier alpha value is -1.28. The fourth-order valence-electron chi connectivity index (χ4n) is 1.90. The molecule has 2 amide bonds. The van der Waals surface area contributed by atoms with Crippen LogP contribution in [0.2, 0.25) is 0 Å². The van der Waals surface area contributed by atoms with Crippen molar-refractivity contribution in [2.45, 2.75) is 50.1 Å². The number of nitrogens with one attached hydrogen (secondary N) is 2. The second kappa shape index (κ2) is 7.49. The van der Waals surface area contributed by atoms with Crippen molar-refractivity contribution >= 4 is 29.5 Å². The molecule has 0 radical (unpaired) electrons. The highest BCUT2D eigenvalue weighted by Gasteiger charge is 2.28. The van der Waals surface area contributed by atoms with Crippen LogP contribution in [-0.4, -0.2) is 52.0 Å². The monoisotopic (exact) mass is 303 g/mol. The summed E-state index contributed by atoms with van der Waals surface area (Å²) in [4.78, 5) is 34.0. The molecular weight excluding hydrogens is 282 g/mol. The number of hydrogen-bond acceptors (Lipinski definition) is 5. The molecule has 0 aromatic rings. The Morgan fingerprint density at radius 1 is 1.40 bits per heavy atom. The first-order valence-electron chi connectivity index (χ1n) is 6.51. The zero-order valence-corrected chi connectivity index (χ0v) is 12.4. The molecule has 8 heteroatoms. The Morgan fingerprint density at radius 2 is 2.05 bits per heavy atom. The summed E-state index contributed by atoms with van der Waals surface area (Å²) in [5, 5.41) is 14.2. The van der Waals surface area contributed by atoms with Crippen LogP contribution in [0.25, 0.3) is 0 Å². The predicted octanol–water partition coefficient (Wildman–Crippen LogP) is -0.697. The molecule has 1 heterocycles. The van der Waals surface area contributed by atoms with E-state index in [1.807, 2.05) is 0 Å². The zero-order valence-electron chi connectivity index (χ0n) is 11.6. The van der Waals surface area contributed by atoms with E-state index in [9.17, 15) is 14.4 Å². The third kappa shape index (κ3) is 5.01. The number of amides is 2. The maximum absolute atomic E-state index is 11.9. The lowest BCUT2D eigenvalue weighted by atomic mass is 10.1. The number of carbonyl (C=O) groups excluding carboxylic acids is 2. The van der Waals surface area contributed by atoms with Gasteiger partial charge in [-0.15, -0.1) is 0 Å². The van der Waals surface area contributed by atoms with Crippen LogP contribution in [0.4, 0.5) is 0 Å². The maximum Gasteiger partial charge on any atom is 0.305 e. The number of carboxylic acids is 1. The lowest BCUT2D eigenvalue weighted by Crippen LogP contribution is -2.53. The first-order chi connectivity index (χ1) is 9.31. The molecular formula is C12H21N3O4S. The lowest BCUT2D eigenvalue weighted by Gasteiger charge is -2.21. The molecule has 1 aliphatic heterocycles. The van der Waals surface area contributed by atoms with Crippen LogP contribution >= 0.6 is 11.8 Å². The third-order valence-corrected chi connectivity index (χ3v) is 4.51. The van der Waals surface area contributed by atoms with E-state index in [1.165, 1.54) is 0 Å². The molecule has 0 spiro atoms. The van der Waals surface area contributed by atoms with Gasteiger partial charge in [0, 0.05) is 11.3 Å². The van der Waals surface area contributed by atoms with Crippen LogP contribution in [0.3, 0.4) is 0 Å². The van der Waals surface area contributed by atoms with E-state index in [-0.39, 0.29) is 11.9 Å². The summed E-state index contributed by atoms with van der Waals surface area (Å²) in [7, 11) is 0. The molecule has 7 nitrogen and oxygen atoms in total. The van der Waals surface area contributed by atoms with Crippen molar-refractivity contribution in [1.82, 2.24) is 10.6 Å². The molecule has 0 aromatic carbocycles. The Labute approximate surface area is 122 Å². The Morgan fingerprint density at radius 3 is 2.55 bits per heavy atom. The van der Waals surface area contributed by atoms with E-state index < -0.39 is 30.4 Å². The van der Waals surface area contributed by atoms with Crippen molar-refractivity contribution in [2.24, 2.45) is 5.73 Å². The number of hydrogen-bond donors (Lipinski definition) is 4. The zero-order chi connectivity index (χ0) is 15.3. The first kappa shape index (κ1) is 16.8. The number of carbonyl (C=O) groups is 3. The van der Waals surface area contributed by atoms with Crippen LogP contribution in [0.15, 0.2) is 0 Å². The molecule has 1 saturated heterocycles. The van der Waals surface area contributed by atoms with Gasteiger partial charge in [-0.05, 0) is 19.1 Å². The second-order valence-electron chi connectivity index (χ2n) is 4.91. The topological polar surface area (TPSA) is 122 Å². The van der Waals surface area contributed by atoms with E-state index >= 15 is 0 Å². The third-order valence-electron chi connectivity index (χ3n) is 3.19. The van der Waals surface area contributed by atoms with Gasteiger partial charge in [-0.25, -0.2) is 0 Å². The van der Waals surface area contributed by atoms with Crippen molar-refractivity contribution in [3.63, 3.8) is 0 Å². The molecule has 1 fully saturated rings. The molecule has 4 atom stereocenters. The minimum absolute atomic E-state index is 0.111. The van der Waals surface area contributed by atoms with Crippen molar-refractivity contribution < 1.29 is 19.5 Å². The van der Waals surface area contributed by atoms with Crippen molar-refractivity contribution in [3.05, 3.63) is 0 Å². The number of rotatable bonds is 6. The number of aliphatic carboxylic acids is 1. The van der Waals surface area contributed by atoms with Gasteiger partial charge in [0.1, 0.15) is 6.04 Å². The van der Waals surface area contributed by atoms with Crippen LogP contribution in [0.5, 0.6) is 0 Å². The predicted molar refractivity (Wildman–Crippen MR) is 76.3 cm³/mol. The fourth-order valence-corrected chi connectivity index (χ4v) is 3.09. The van der Waals surface area contributed by atoms with Crippen LogP contribution in [-0.2, 0) is 14.4 Å². The summed E-state index contributed by atoms with van der Waals surface area (Å²) < 4.78 is 0. The Balaban J connectivity index is 2.41. The highest BCUT2D eigenvalue weighted by atomic mass is 32.2. The van der Waals surface area contributed by atoms with Gasteiger partial charge in [-0.3, -0.25) is 14.4 Å². The van der Waals surface area contributed by atoms with E-state index in [1.54, 1.807) is 18.7 Å². The van der Waals surface area contributed by atoms with Gasteiger partial charge in [0.15, 0.2) is 0 Å². The van der Waals surface area contributed by atoms with Crippen molar-refractivity contribution in [2.75, 3.05) is 5.75 Å². The number of thioether (sulfide) groups is 1. The lowest BCUT2D eigenvalue weighted by molar-refractivity contribution is -0.139. The highest BCUT2D eigenvalue weighted by Crippen LogP contribution is 2.25. The summed E-state index contributed by atoms with van der Waals surface area (Å²) in [6.07, 6.45) is 0.452.